The lowest BCUT2D eigenvalue weighted by Gasteiger charge is -2.19. The van der Waals surface area contributed by atoms with Crippen molar-refractivity contribution in [2.75, 3.05) is 30.9 Å². The molecule has 0 aromatic heterocycles. The lowest BCUT2D eigenvalue weighted by molar-refractivity contribution is -0.114. The molecule has 0 fully saturated rings. The molecular weight excluding hydrogens is 300 g/mol. The van der Waals surface area contributed by atoms with Crippen molar-refractivity contribution >= 4 is 28.9 Å². The molecule has 0 aliphatic heterocycles. The fourth-order valence-corrected chi connectivity index (χ4v) is 2.26. The number of nitrogens with zero attached hydrogens (tertiary/aromatic N) is 1. The number of likely N-dealkylation sites (N-methyl/N-ethyl adjacent to an activating group) is 1. The van der Waals surface area contributed by atoms with Gasteiger partial charge in [0.05, 0.1) is 19.3 Å². The number of aryl methyl sites for hydroxylation is 1. The van der Waals surface area contributed by atoms with Crippen LogP contribution in [0.3, 0.4) is 0 Å². The minimum atomic E-state index is -0.119. The van der Waals surface area contributed by atoms with E-state index < -0.39 is 0 Å². The minimum Gasteiger partial charge on any atom is -0.495 e. The summed E-state index contributed by atoms with van der Waals surface area (Å²) in [5, 5.41) is 3.47. The van der Waals surface area contributed by atoms with Crippen LogP contribution in [-0.2, 0) is 4.79 Å². The molecule has 0 saturated heterocycles. The van der Waals surface area contributed by atoms with Gasteiger partial charge in [0.1, 0.15) is 5.75 Å². The number of ether oxygens (including phenoxy) is 1. The fraction of sp³-hybridized carbons (Fsp3) is 0.235. The van der Waals surface area contributed by atoms with E-state index in [9.17, 15) is 4.79 Å². The van der Waals surface area contributed by atoms with Gasteiger partial charge in [0.2, 0.25) is 5.91 Å². The summed E-state index contributed by atoms with van der Waals surface area (Å²) in [6, 6.07) is 13.2. The van der Waals surface area contributed by atoms with Crippen molar-refractivity contribution in [1.29, 1.82) is 0 Å². The summed E-state index contributed by atoms with van der Waals surface area (Å²) in [7, 11) is 3.42. The van der Waals surface area contributed by atoms with E-state index in [-0.39, 0.29) is 12.5 Å². The van der Waals surface area contributed by atoms with Gasteiger partial charge in [0.25, 0.3) is 0 Å². The molecule has 4 nitrogen and oxygen atoms in total. The zero-order valence-electron chi connectivity index (χ0n) is 12.9. The van der Waals surface area contributed by atoms with Crippen molar-refractivity contribution in [3.05, 3.63) is 53.1 Å². The first-order valence-electron chi connectivity index (χ1n) is 6.91. The molecule has 0 aliphatic carbocycles. The van der Waals surface area contributed by atoms with Crippen molar-refractivity contribution in [3.63, 3.8) is 0 Å². The molecule has 0 atom stereocenters. The van der Waals surface area contributed by atoms with E-state index in [1.54, 1.807) is 13.2 Å². The number of halogens is 1. The quantitative estimate of drug-likeness (QED) is 0.913. The van der Waals surface area contributed by atoms with Crippen LogP contribution in [0.15, 0.2) is 42.5 Å². The first-order chi connectivity index (χ1) is 10.5. The van der Waals surface area contributed by atoms with Crippen LogP contribution in [0.4, 0.5) is 11.4 Å². The molecule has 116 valence electrons. The Morgan fingerprint density at radius 2 is 1.95 bits per heavy atom. The number of carbonyl (C=O) groups is 1. The molecule has 0 spiro atoms. The van der Waals surface area contributed by atoms with Crippen LogP contribution in [0.2, 0.25) is 5.02 Å². The minimum absolute atomic E-state index is 0.119. The highest BCUT2D eigenvalue weighted by atomic mass is 35.5. The average molecular weight is 319 g/mol. The van der Waals surface area contributed by atoms with Crippen LogP contribution in [0.1, 0.15) is 5.56 Å². The SMILES string of the molecule is COc1cc(Cl)c(C)cc1NC(=O)CN(C)c1ccccc1. The standard InChI is InChI=1S/C17H19ClN2O2/c1-12-9-15(16(22-3)10-14(12)18)19-17(21)11-20(2)13-7-5-4-6-8-13/h4-10H,11H2,1-3H3,(H,19,21). The van der Waals surface area contributed by atoms with Crippen molar-refractivity contribution in [1.82, 2.24) is 0 Å². The van der Waals surface area contributed by atoms with Gasteiger partial charge in [-0.2, -0.15) is 0 Å². The Balaban J connectivity index is 2.08. The third-order valence-electron chi connectivity index (χ3n) is 3.33. The van der Waals surface area contributed by atoms with Gasteiger partial charge in [-0.05, 0) is 30.7 Å². The van der Waals surface area contributed by atoms with E-state index in [0.29, 0.717) is 16.5 Å². The fourth-order valence-electron chi connectivity index (χ4n) is 2.11. The maximum Gasteiger partial charge on any atom is 0.243 e. The number of para-hydroxylation sites is 1. The molecule has 0 unspecified atom stereocenters. The Morgan fingerprint density at radius 3 is 2.59 bits per heavy atom. The number of hydrogen-bond acceptors (Lipinski definition) is 3. The molecule has 0 aliphatic rings. The van der Waals surface area contributed by atoms with E-state index in [1.165, 1.54) is 0 Å². The number of hydrogen-bond donors (Lipinski definition) is 1. The molecule has 1 amide bonds. The van der Waals surface area contributed by atoms with Gasteiger partial charge < -0.3 is 15.0 Å². The Bertz CT molecular complexity index is 659. The van der Waals surface area contributed by atoms with Crippen molar-refractivity contribution in [2.45, 2.75) is 6.92 Å². The second-order valence-electron chi connectivity index (χ2n) is 5.04. The predicted molar refractivity (Wildman–Crippen MR) is 91.1 cm³/mol. The van der Waals surface area contributed by atoms with Crippen molar-refractivity contribution < 1.29 is 9.53 Å². The molecule has 0 heterocycles. The Morgan fingerprint density at radius 1 is 1.27 bits per heavy atom. The van der Waals surface area contributed by atoms with Crippen LogP contribution >= 0.6 is 11.6 Å². The van der Waals surface area contributed by atoms with E-state index in [4.69, 9.17) is 16.3 Å². The summed E-state index contributed by atoms with van der Waals surface area (Å²) in [6.45, 7) is 2.13. The highest BCUT2D eigenvalue weighted by Gasteiger charge is 2.12. The summed E-state index contributed by atoms with van der Waals surface area (Å²) < 4.78 is 5.26. The Hall–Kier alpha value is -2.20. The van der Waals surface area contributed by atoms with Gasteiger partial charge in [0, 0.05) is 23.8 Å². The maximum atomic E-state index is 12.2. The lowest BCUT2D eigenvalue weighted by Crippen LogP contribution is -2.30. The summed E-state index contributed by atoms with van der Waals surface area (Å²) >= 11 is 6.06. The highest BCUT2D eigenvalue weighted by Crippen LogP contribution is 2.30. The first-order valence-corrected chi connectivity index (χ1v) is 7.29. The molecular formula is C17H19ClN2O2. The van der Waals surface area contributed by atoms with Crippen molar-refractivity contribution in [2.24, 2.45) is 0 Å². The van der Waals surface area contributed by atoms with Crippen LogP contribution in [0.25, 0.3) is 0 Å². The summed E-state index contributed by atoms with van der Waals surface area (Å²) in [4.78, 5) is 14.1. The van der Waals surface area contributed by atoms with Gasteiger partial charge in [0.15, 0.2) is 0 Å². The van der Waals surface area contributed by atoms with Crippen LogP contribution in [0, 0.1) is 6.92 Å². The molecule has 5 heteroatoms. The summed E-state index contributed by atoms with van der Waals surface area (Å²) in [5.41, 5.74) is 2.49. The Labute approximate surface area is 135 Å². The Kier molecular flexibility index (Phi) is 5.28. The predicted octanol–water partition coefficient (Wildman–Crippen LogP) is 3.73. The zero-order valence-corrected chi connectivity index (χ0v) is 13.6. The molecule has 2 aromatic rings. The number of anilines is 2. The van der Waals surface area contributed by atoms with E-state index in [2.05, 4.69) is 5.32 Å². The molecule has 2 rings (SSSR count). The van der Waals surface area contributed by atoms with Crippen LogP contribution in [-0.4, -0.2) is 26.6 Å². The van der Waals surface area contributed by atoms with Crippen LogP contribution in [0.5, 0.6) is 5.75 Å². The van der Waals surface area contributed by atoms with Gasteiger partial charge >= 0.3 is 0 Å². The second-order valence-corrected chi connectivity index (χ2v) is 5.45. The number of rotatable bonds is 5. The second kappa shape index (κ2) is 7.18. The number of methoxy groups -OCH3 is 1. The molecule has 0 bridgehead atoms. The molecule has 1 N–H and O–H groups in total. The van der Waals surface area contributed by atoms with E-state index >= 15 is 0 Å². The number of benzene rings is 2. The van der Waals surface area contributed by atoms with E-state index in [1.807, 2.05) is 55.3 Å². The first kappa shape index (κ1) is 16.2. The monoisotopic (exact) mass is 318 g/mol. The maximum absolute atomic E-state index is 12.2. The molecule has 22 heavy (non-hydrogen) atoms. The number of carbonyl (C=O) groups excluding carboxylic acids is 1. The topological polar surface area (TPSA) is 41.6 Å². The van der Waals surface area contributed by atoms with Gasteiger partial charge in [-0.3, -0.25) is 4.79 Å². The highest BCUT2D eigenvalue weighted by molar-refractivity contribution is 6.31. The number of nitrogens with one attached hydrogen (secondary N) is 1. The number of amides is 1. The third-order valence-corrected chi connectivity index (χ3v) is 3.74. The molecule has 2 aromatic carbocycles. The average Bonchev–Trinajstić information content (AvgIpc) is 2.51. The van der Waals surface area contributed by atoms with Crippen LogP contribution < -0.4 is 15.0 Å². The van der Waals surface area contributed by atoms with Gasteiger partial charge in [-0.1, -0.05) is 29.8 Å². The van der Waals surface area contributed by atoms with Crippen molar-refractivity contribution in [3.8, 4) is 5.75 Å². The van der Waals surface area contributed by atoms with Gasteiger partial charge in [-0.15, -0.1) is 0 Å². The smallest absolute Gasteiger partial charge is 0.243 e. The largest absolute Gasteiger partial charge is 0.495 e. The normalized spacial score (nSPS) is 10.2. The third kappa shape index (κ3) is 3.92. The summed E-state index contributed by atoms with van der Waals surface area (Å²) in [6.07, 6.45) is 0. The summed E-state index contributed by atoms with van der Waals surface area (Å²) in [5.74, 6) is 0.428. The zero-order chi connectivity index (χ0) is 16.1. The molecule has 0 radical (unpaired) electrons. The molecule has 0 saturated carbocycles. The lowest BCUT2D eigenvalue weighted by atomic mass is 10.2. The van der Waals surface area contributed by atoms with Gasteiger partial charge in [-0.25, -0.2) is 0 Å². The van der Waals surface area contributed by atoms with E-state index in [0.717, 1.165) is 11.3 Å².